The smallest absolute Gasteiger partial charge is 0.220 e. The van der Waals surface area contributed by atoms with Gasteiger partial charge in [0, 0.05) is 13.0 Å². The molecule has 0 aliphatic carbocycles. The Bertz CT molecular complexity index is 146. The number of hydrogen-bond acceptors (Lipinski definition) is 2. The lowest BCUT2D eigenvalue weighted by Crippen LogP contribution is -2.30. The van der Waals surface area contributed by atoms with Gasteiger partial charge in [0.25, 0.3) is 0 Å². The van der Waals surface area contributed by atoms with Crippen molar-refractivity contribution in [2.45, 2.75) is 33.6 Å². The number of amides is 1. The second-order valence-corrected chi connectivity index (χ2v) is 3.79. The highest BCUT2D eigenvalue weighted by molar-refractivity contribution is 5.76. The number of nitrogens with one attached hydrogen (secondary N) is 1. The fourth-order valence-electron chi connectivity index (χ4n) is 1.17. The van der Waals surface area contributed by atoms with Crippen LogP contribution in [0.2, 0.25) is 0 Å². The molecule has 0 aliphatic heterocycles. The van der Waals surface area contributed by atoms with Crippen molar-refractivity contribution in [2.75, 3.05) is 13.1 Å². The Labute approximate surface area is 81.1 Å². The maximum atomic E-state index is 11.3. The van der Waals surface area contributed by atoms with Crippen LogP contribution >= 0.6 is 0 Å². The van der Waals surface area contributed by atoms with Crippen molar-refractivity contribution >= 4 is 5.91 Å². The first-order valence-corrected chi connectivity index (χ1v) is 5.08. The molecule has 1 amide bonds. The van der Waals surface area contributed by atoms with E-state index in [0.717, 1.165) is 13.0 Å². The van der Waals surface area contributed by atoms with Crippen LogP contribution in [0.1, 0.15) is 33.6 Å². The third kappa shape index (κ3) is 5.64. The maximum Gasteiger partial charge on any atom is 0.220 e. The first-order valence-electron chi connectivity index (χ1n) is 5.08. The lowest BCUT2D eigenvalue weighted by molar-refractivity contribution is -0.122. The van der Waals surface area contributed by atoms with Crippen LogP contribution < -0.4 is 11.1 Å². The molecule has 0 saturated heterocycles. The molecule has 0 aromatic rings. The van der Waals surface area contributed by atoms with Crippen molar-refractivity contribution in [1.29, 1.82) is 0 Å². The SMILES string of the molecule is CCCNC(=O)CC(CN)C(C)C. The van der Waals surface area contributed by atoms with Gasteiger partial charge < -0.3 is 11.1 Å². The number of carbonyl (C=O) groups excluding carboxylic acids is 1. The van der Waals surface area contributed by atoms with Crippen molar-refractivity contribution < 1.29 is 4.79 Å². The maximum absolute atomic E-state index is 11.3. The van der Waals surface area contributed by atoms with Gasteiger partial charge in [0.05, 0.1) is 0 Å². The molecule has 13 heavy (non-hydrogen) atoms. The molecule has 0 radical (unpaired) electrons. The minimum absolute atomic E-state index is 0.131. The van der Waals surface area contributed by atoms with E-state index in [9.17, 15) is 4.79 Å². The molecule has 0 heterocycles. The first-order chi connectivity index (χ1) is 6.11. The topological polar surface area (TPSA) is 55.1 Å². The number of rotatable bonds is 6. The van der Waals surface area contributed by atoms with Crippen LogP contribution in [-0.2, 0) is 4.79 Å². The van der Waals surface area contributed by atoms with Crippen molar-refractivity contribution in [2.24, 2.45) is 17.6 Å². The average Bonchev–Trinajstić information content (AvgIpc) is 2.10. The van der Waals surface area contributed by atoms with E-state index in [1.165, 1.54) is 0 Å². The Morgan fingerprint density at radius 1 is 1.46 bits per heavy atom. The monoisotopic (exact) mass is 186 g/mol. The highest BCUT2D eigenvalue weighted by Crippen LogP contribution is 2.12. The predicted molar refractivity (Wildman–Crippen MR) is 55.3 cm³/mol. The Kier molecular flexibility index (Phi) is 6.59. The molecular formula is C10H22N2O. The van der Waals surface area contributed by atoms with Gasteiger partial charge in [-0.3, -0.25) is 4.79 Å². The van der Waals surface area contributed by atoms with Gasteiger partial charge in [-0.15, -0.1) is 0 Å². The molecule has 0 saturated carbocycles. The molecule has 3 nitrogen and oxygen atoms in total. The third-order valence-corrected chi connectivity index (χ3v) is 2.27. The molecule has 0 fully saturated rings. The zero-order valence-corrected chi connectivity index (χ0v) is 8.97. The summed E-state index contributed by atoms with van der Waals surface area (Å²) in [4.78, 5) is 11.3. The van der Waals surface area contributed by atoms with Gasteiger partial charge in [0.1, 0.15) is 0 Å². The van der Waals surface area contributed by atoms with Gasteiger partial charge in [0.15, 0.2) is 0 Å². The van der Waals surface area contributed by atoms with Crippen molar-refractivity contribution in [3.8, 4) is 0 Å². The van der Waals surface area contributed by atoms with Gasteiger partial charge in [0.2, 0.25) is 5.91 Å². The average molecular weight is 186 g/mol. The largest absolute Gasteiger partial charge is 0.356 e. The molecule has 0 aliphatic rings. The van der Waals surface area contributed by atoms with E-state index in [2.05, 4.69) is 19.2 Å². The minimum Gasteiger partial charge on any atom is -0.356 e. The zero-order valence-electron chi connectivity index (χ0n) is 8.97. The molecule has 3 N–H and O–H groups in total. The molecular weight excluding hydrogens is 164 g/mol. The summed E-state index contributed by atoms with van der Waals surface area (Å²) in [5.41, 5.74) is 5.57. The molecule has 1 atom stereocenters. The summed E-state index contributed by atoms with van der Waals surface area (Å²) in [5.74, 6) is 0.931. The summed E-state index contributed by atoms with van der Waals surface area (Å²) in [5, 5.41) is 2.86. The van der Waals surface area contributed by atoms with Crippen LogP contribution in [0.3, 0.4) is 0 Å². The van der Waals surface area contributed by atoms with Gasteiger partial charge in [-0.25, -0.2) is 0 Å². The van der Waals surface area contributed by atoms with Crippen molar-refractivity contribution in [1.82, 2.24) is 5.32 Å². The second-order valence-electron chi connectivity index (χ2n) is 3.79. The fourth-order valence-corrected chi connectivity index (χ4v) is 1.17. The zero-order chi connectivity index (χ0) is 10.3. The number of carbonyl (C=O) groups is 1. The highest BCUT2D eigenvalue weighted by atomic mass is 16.1. The fraction of sp³-hybridized carbons (Fsp3) is 0.900. The summed E-state index contributed by atoms with van der Waals surface area (Å²) in [6.45, 7) is 7.61. The molecule has 0 rings (SSSR count). The molecule has 78 valence electrons. The van der Waals surface area contributed by atoms with Crippen molar-refractivity contribution in [3.05, 3.63) is 0 Å². The number of nitrogens with two attached hydrogens (primary N) is 1. The lowest BCUT2D eigenvalue weighted by atomic mass is 9.92. The van der Waals surface area contributed by atoms with Crippen LogP contribution in [0.4, 0.5) is 0 Å². The van der Waals surface area contributed by atoms with Gasteiger partial charge in [-0.05, 0) is 24.8 Å². The molecule has 0 aromatic heterocycles. The summed E-state index contributed by atoms with van der Waals surface area (Å²) >= 11 is 0. The Balaban J connectivity index is 3.73. The summed E-state index contributed by atoms with van der Waals surface area (Å²) in [6.07, 6.45) is 1.55. The molecule has 0 bridgehead atoms. The van der Waals surface area contributed by atoms with E-state index >= 15 is 0 Å². The van der Waals surface area contributed by atoms with Crippen LogP contribution in [0, 0.1) is 11.8 Å². The highest BCUT2D eigenvalue weighted by Gasteiger charge is 2.15. The summed E-state index contributed by atoms with van der Waals surface area (Å²) < 4.78 is 0. The normalized spacial score (nSPS) is 13.0. The van der Waals surface area contributed by atoms with E-state index in [0.29, 0.717) is 24.8 Å². The van der Waals surface area contributed by atoms with Crippen molar-refractivity contribution in [3.63, 3.8) is 0 Å². The quantitative estimate of drug-likeness (QED) is 0.653. The molecule has 3 heteroatoms. The third-order valence-electron chi connectivity index (χ3n) is 2.27. The minimum atomic E-state index is 0.131. The predicted octanol–water partition coefficient (Wildman–Crippen LogP) is 1.13. The summed E-state index contributed by atoms with van der Waals surface area (Å²) in [6, 6.07) is 0. The first kappa shape index (κ1) is 12.4. The Morgan fingerprint density at radius 3 is 2.46 bits per heavy atom. The van der Waals surface area contributed by atoms with Crippen LogP contribution in [-0.4, -0.2) is 19.0 Å². The van der Waals surface area contributed by atoms with Crippen LogP contribution in [0.5, 0.6) is 0 Å². The summed E-state index contributed by atoms with van der Waals surface area (Å²) in [7, 11) is 0. The van der Waals surface area contributed by atoms with Gasteiger partial charge in [-0.1, -0.05) is 20.8 Å². The molecule has 0 aromatic carbocycles. The lowest BCUT2D eigenvalue weighted by Gasteiger charge is -2.17. The van der Waals surface area contributed by atoms with E-state index in [-0.39, 0.29) is 5.91 Å². The van der Waals surface area contributed by atoms with E-state index < -0.39 is 0 Å². The Hall–Kier alpha value is -0.570. The second kappa shape index (κ2) is 6.89. The number of hydrogen-bond donors (Lipinski definition) is 2. The molecule has 0 spiro atoms. The van der Waals surface area contributed by atoms with Crippen LogP contribution in [0.25, 0.3) is 0 Å². The van der Waals surface area contributed by atoms with E-state index in [4.69, 9.17) is 5.73 Å². The van der Waals surface area contributed by atoms with Gasteiger partial charge in [-0.2, -0.15) is 0 Å². The standard InChI is InChI=1S/C10H22N2O/c1-4-5-12-10(13)6-9(7-11)8(2)3/h8-9H,4-7,11H2,1-3H3,(H,12,13). The van der Waals surface area contributed by atoms with Crippen LogP contribution in [0.15, 0.2) is 0 Å². The van der Waals surface area contributed by atoms with Gasteiger partial charge >= 0.3 is 0 Å². The van der Waals surface area contributed by atoms with E-state index in [1.54, 1.807) is 0 Å². The molecule has 1 unspecified atom stereocenters. The Morgan fingerprint density at radius 2 is 2.08 bits per heavy atom. The van der Waals surface area contributed by atoms with E-state index in [1.807, 2.05) is 6.92 Å².